The van der Waals surface area contributed by atoms with Crippen LogP contribution < -0.4 is 14.2 Å². The molecule has 0 aliphatic heterocycles. The molecule has 210 valence electrons. The van der Waals surface area contributed by atoms with Crippen LogP contribution in [0.25, 0.3) is 0 Å². The van der Waals surface area contributed by atoms with Crippen molar-refractivity contribution in [2.24, 2.45) is 0 Å². The Labute approximate surface area is 237 Å². The molecule has 0 spiro atoms. The Hall–Kier alpha value is -3.81. The number of benzene rings is 4. The highest BCUT2D eigenvalue weighted by Crippen LogP contribution is 2.44. The summed E-state index contributed by atoms with van der Waals surface area (Å²) in [5.74, 6) is 2.03. The molecule has 40 heavy (non-hydrogen) atoms. The van der Waals surface area contributed by atoms with Crippen LogP contribution in [0, 0.1) is 0 Å². The van der Waals surface area contributed by atoms with E-state index in [9.17, 15) is 8.42 Å². The largest absolute Gasteiger partial charge is 0.494 e. The van der Waals surface area contributed by atoms with Crippen molar-refractivity contribution >= 4 is 10.1 Å². The summed E-state index contributed by atoms with van der Waals surface area (Å²) < 4.78 is 51.4. The summed E-state index contributed by atoms with van der Waals surface area (Å²) in [7, 11) is -4.24. The van der Waals surface area contributed by atoms with Gasteiger partial charge in [-0.2, -0.15) is 8.42 Å². The van der Waals surface area contributed by atoms with Crippen molar-refractivity contribution in [1.82, 2.24) is 0 Å². The van der Waals surface area contributed by atoms with Crippen molar-refractivity contribution in [2.75, 3.05) is 19.8 Å². The fourth-order valence-electron chi connectivity index (χ4n) is 4.61. The van der Waals surface area contributed by atoms with Crippen LogP contribution in [-0.2, 0) is 26.3 Å². The first-order chi connectivity index (χ1) is 19.4. The third-order valence-electron chi connectivity index (χ3n) is 6.57. The van der Waals surface area contributed by atoms with Crippen molar-refractivity contribution in [1.29, 1.82) is 0 Å². The standard InChI is InChI=1S/C33H36O6S/c1-5-25-9-23-32(24-10-25)40(34,35)39-33(26-11-17-29(18-12-26)36-6-2,27-13-19-30(20-14-27)37-7-3)28-15-21-31(22-16-28)38-8-4/h9-24H,5-8H2,1-4H3. The first-order valence-electron chi connectivity index (χ1n) is 13.6. The minimum Gasteiger partial charge on any atom is -0.494 e. The van der Waals surface area contributed by atoms with E-state index in [0.29, 0.717) is 53.8 Å². The van der Waals surface area contributed by atoms with Crippen LogP contribution in [0.15, 0.2) is 102 Å². The van der Waals surface area contributed by atoms with Gasteiger partial charge in [-0.1, -0.05) is 55.5 Å². The molecule has 0 radical (unpaired) electrons. The molecule has 4 aromatic rings. The van der Waals surface area contributed by atoms with Crippen LogP contribution in [0.3, 0.4) is 0 Å². The van der Waals surface area contributed by atoms with E-state index in [1.165, 1.54) is 0 Å². The maximum absolute atomic E-state index is 14.0. The van der Waals surface area contributed by atoms with Crippen molar-refractivity contribution in [2.45, 2.75) is 44.6 Å². The quantitative estimate of drug-likeness (QED) is 0.128. The summed E-state index contributed by atoms with van der Waals surface area (Å²) >= 11 is 0. The molecule has 0 unspecified atom stereocenters. The van der Waals surface area contributed by atoms with Gasteiger partial charge in [-0.3, -0.25) is 0 Å². The summed E-state index contributed by atoms with van der Waals surface area (Å²) in [6.07, 6.45) is 0.801. The van der Waals surface area contributed by atoms with E-state index in [1.54, 1.807) is 12.1 Å². The highest BCUT2D eigenvalue weighted by Gasteiger charge is 2.43. The third kappa shape index (κ3) is 6.32. The van der Waals surface area contributed by atoms with Gasteiger partial charge in [0.2, 0.25) is 0 Å². The van der Waals surface area contributed by atoms with Gasteiger partial charge in [0.25, 0.3) is 10.1 Å². The molecule has 0 heterocycles. The smallest absolute Gasteiger partial charge is 0.298 e. The molecule has 0 saturated carbocycles. The van der Waals surface area contributed by atoms with Crippen molar-refractivity contribution in [3.63, 3.8) is 0 Å². The van der Waals surface area contributed by atoms with E-state index in [4.69, 9.17) is 18.4 Å². The number of rotatable bonds is 13. The molecule has 4 aromatic carbocycles. The monoisotopic (exact) mass is 560 g/mol. The Kier molecular flexibility index (Phi) is 9.50. The van der Waals surface area contributed by atoms with Gasteiger partial charge in [0.15, 0.2) is 5.60 Å². The average molecular weight is 561 g/mol. The van der Waals surface area contributed by atoms with Crippen molar-refractivity contribution in [3.8, 4) is 17.2 Å². The Morgan fingerprint density at radius 1 is 0.525 bits per heavy atom. The summed E-state index contributed by atoms with van der Waals surface area (Å²) in [4.78, 5) is 0.0804. The summed E-state index contributed by atoms with van der Waals surface area (Å²) in [6.45, 7) is 9.31. The lowest BCUT2D eigenvalue weighted by atomic mass is 9.80. The van der Waals surface area contributed by atoms with Gasteiger partial charge in [-0.05, 0) is 98.0 Å². The van der Waals surface area contributed by atoms with Crippen LogP contribution in [0.1, 0.15) is 49.9 Å². The molecular formula is C33H36O6S. The highest BCUT2D eigenvalue weighted by molar-refractivity contribution is 7.86. The predicted molar refractivity (Wildman–Crippen MR) is 157 cm³/mol. The van der Waals surface area contributed by atoms with Gasteiger partial charge < -0.3 is 14.2 Å². The lowest BCUT2D eigenvalue weighted by Gasteiger charge is -2.35. The number of ether oxygens (including phenoxy) is 3. The van der Waals surface area contributed by atoms with E-state index in [1.807, 2.05) is 113 Å². The van der Waals surface area contributed by atoms with Crippen molar-refractivity contribution in [3.05, 3.63) is 119 Å². The van der Waals surface area contributed by atoms with E-state index >= 15 is 0 Å². The predicted octanol–water partition coefficient (Wildman–Crippen LogP) is 7.14. The molecule has 0 atom stereocenters. The van der Waals surface area contributed by atoms with Crippen LogP contribution in [0.4, 0.5) is 0 Å². The zero-order valence-electron chi connectivity index (χ0n) is 23.4. The van der Waals surface area contributed by atoms with E-state index in [0.717, 1.165) is 12.0 Å². The Morgan fingerprint density at radius 2 is 0.875 bits per heavy atom. The first kappa shape index (κ1) is 29.2. The Morgan fingerprint density at radius 3 is 1.18 bits per heavy atom. The maximum Gasteiger partial charge on any atom is 0.298 e. The topological polar surface area (TPSA) is 71.1 Å². The molecule has 4 rings (SSSR count). The Bertz CT molecular complexity index is 1340. The van der Waals surface area contributed by atoms with Gasteiger partial charge in [0.1, 0.15) is 17.2 Å². The molecule has 0 bridgehead atoms. The second-order valence-electron chi connectivity index (χ2n) is 9.09. The summed E-state index contributed by atoms with van der Waals surface area (Å²) in [5.41, 5.74) is 1.38. The van der Waals surface area contributed by atoms with E-state index < -0.39 is 15.7 Å². The van der Waals surface area contributed by atoms with Crippen LogP contribution in [-0.4, -0.2) is 28.2 Å². The summed E-state index contributed by atoms with van der Waals surface area (Å²) in [6, 6.07) is 28.8. The van der Waals surface area contributed by atoms with Crippen LogP contribution in [0.2, 0.25) is 0 Å². The molecule has 0 fully saturated rings. The molecule has 6 nitrogen and oxygen atoms in total. The van der Waals surface area contributed by atoms with Gasteiger partial charge in [-0.15, -0.1) is 0 Å². The molecule has 0 aliphatic carbocycles. The molecule has 0 amide bonds. The lowest BCUT2D eigenvalue weighted by Crippen LogP contribution is -2.35. The lowest BCUT2D eigenvalue weighted by molar-refractivity contribution is 0.163. The average Bonchev–Trinajstić information content (AvgIpc) is 2.98. The summed E-state index contributed by atoms with van der Waals surface area (Å²) in [5, 5.41) is 0. The van der Waals surface area contributed by atoms with E-state index in [2.05, 4.69) is 0 Å². The fraction of sp³-hybridized carbons (Fsp3) is 0.273. The molecule has 0 N–H and O–H groups in total. The number of hydrogen-bond donors (Lipinski definition) is 0. The van der Waals surface area contributed by atoms with Gasteiger partial charge >= 0.3 is 0 Å². The van der Waals surface area contributed by atoms with Crippen LogP contribution >= 0.6 is 0 Å². The van der Waals surface area contributed by atoms with Crippen LogP contribution in [0.5, 0.6) is 17.2 Å². The molecule has 0 saturated heterocycles. The SMILES string of the molecule is CCOc1ccc(C(OS(=O)(=O)c2ccc(CC)cc2)(c2ccc(OCC)cc2)c2ccc(OCC)cc2)cc1. The zero-order valence-corrected chi connectivity index (χ0v) is 24.2. The third-order valence-corrected chi connectivity index (χ3v) is 7.89. The fourth-order valence-corrected chi connectivity index (χ4v) is 5.79. The molecule has 0 aromatic heterocycles. The second-order valence-corrected chi connectivity index (χ2v) is 10.6. The van der Waals surface area contributed by atoms with Crippen molar-refractivity contribution < 1.29 is 26.8 Å². The minimum absolute atomic E-state index is 0.0804. The normalized spacial score (nSPS) is 11.7. The van der Waals surface area contributed by atoms with Gasteiger partial charge in [0, 0.05) is 0 Å². The maximum atomic E-state index is 14.0. The highest BCUT2D eigenvalue weighted by atomic mass is 32.2. The minimum atomic E-state index is -4.24. The van der Waals surface area contributed by atoms with E-state index in [-0.39, 0.29) is 4.90 Å². The first-order valence-corrected chi connectivity index (χ1v) is 15.0. The molecule has 0 aliphatic rings. The second kappa shape index (κ2) is 13.0. The zero-order chi connectivity index (χ0) is 28.6. The van der Waals surface area contributed by atoms with Gasteiger partial charge in [0.05, 0.1) is 24.7 Å². The number of hydrogen-bond acceptors (Lipinski definition) is 6. The van der Waals surface area contributed by atoms with Gasteiger partial charge in [-0.25, -0.2) is 4.18 Å². The molecular weight excluding hydrogens is 524 g/mol. The molecule has 7 heteroatoms. The Balaban J connectivity index is 1.96. The number of aryl methyl sites for hydroxylation is 1.